The van der Waals surface area contributed by atoms with E-state index in [0.717, 1.165) is 31.2 Å². The van der Waals surface area contributed by atoms with Gasteiger partial charge in [-0.1, -0.05) is 51.0 Å². The van der Waals surface area contributed by atoms with E-state index < -0.39 is 7.82 Å². The van der Waals surface area contributed by atoms with Crippen LogP contribution in [0.4, 0.5) is 0 Å². The van der Waals surface area contributed by atoms with Crippen LogP contribution in [-0.2, 0) is 29.3 Å². The Bertz CT molecular complexity index is 610. The van der Waals surface area contributed by atoms with Gasteiger partial charge in [-0.2, -0.15) is 4.57 Å². The van der Waals surface area contributed by atoms with Crippen molar-refractivity contribution in [1.29, 1.82) is 0 Å². The van der Waals surface area contributed by atoms with Crippen LogP contribution in [0.3, 0.4) is 0 Å². The monoisotopic (exact) mass is 338 g/mol. The van der Waals surface area contributed by atoms with E-state index in [-0.39, 0.29) is 18.0 Å². The Morgan fingerprint density at radius 3 is 2.30 bits per heavy atom. The summed E-state index contributed by atoms with van der Waals surface area (Å²) in [7, 11) is -3.35. The van der Waals surface area contributed by atoms with E-state index in [4.69, 9.17) is 18.3 Å². The lowest BCUT2D eigenvalue weighted by molar-refractivity contribution is 0.0410. The molecule has 0 N–H and O–H groups in total. The van der Waals surface area contributed by atoms with Crippen LogP contribution < -0.4 is 0 Å². The third-order valence-corrected chi connectivity index (χ3v) is 5.16. The molecule has 4 rings (SSSR count). The highest BCUT2D eigenvalue weighted by atomic mass is 31.2. The number of aryl methyl sites for hydroxylation is 1. The molecule has 1 aromatic rings. The molecular formula is C17H23O5P. The molecule has 1 atom stereocenters. The zero-order valence-corrected chi connectivity index (χ0v) is 14.5. The average Bonchev–Trinajstić information content (AvgIpc) is 3.02. The van der Waals surface area contributed by atoms with Gasteiger partial charge in [-0.05, 0) is 36.8 Å². The van der Waals surface area contributed by atoms with Crippen molar-refractivity contribution in [1.82, 2.24) is 0 Å². The maximum Gasteiger partial charge on any atom is 0.654 e. The number of phosphoric ester groups is 1. The molecule has 2 bridgehead atoms. The number of hydrogen-bond acceptors (Lipinski definition) is 5. The van der Waals surface area contributed by atoms with Gasteiger partial charge in [0.2, 0.25) is 0 Å². The zero-order valence-electron chi connectivity index (χ0n) is 13.6. The lowest BCUT2D eigenvalue weighted by Crippen LogP contribution is -2.05. The first-order valence-electron chi connectivity index (χ1n) is 8.32. The second-order valence-electron chi connectivity index (χ2n) is 5.89. The summed E-state index contributed by atoms with van der Waals surface area (Å²) in [6.07, 6.45) is 6.30. The molecule has 6 heteroatoms. The van der Waals surface area contributed by atoms with Gasteiger partial charge in [-0.25, -0.2) is 0 Å². The highest BCUT2D eigenvalue weighted by Gasteiger charge is 2.58. The number of phosphoric acid groups is 1. The molecule has 1 unspecified atom stereocenters. The molecule has 3 aliphatic heterocycles. The molecule has 0 saturated carbocycles. The van der Waals surface area contributed by atoms with Crippen LogP contribution in [0.2, 0.25) is 0 Å². The number of unbranched alkanes of at least 4 members (excludes halogenated alkanes) is 2. The van der Waals surface area contributed by atoms with Gasteiger partial charge < -0.3 is 18.3 Å². The Kier molecular flexibility index (Phi) is 4.86. The first-order chi connectivity index (χ1) is 11.1. The standard InChI is InChI=1S/C17H23O5P/c1-3-5-7-13-9-11-14(12-10-13)15(8-6-4-2)19-16-17-21-23(18,20-16)22-17/h9-12,15H,3-8H2,1-2H3. The number of rotatable bonds is 9. The fraction of sp³-hybridized carbons (Fsp3) is 0.529. The molecule has 0 aliphatic carbocycles. The van der Waals surface area contributed by atoms with Crippen LogP contribution in [0.5, 0.6) is 0 Å². The van der Waals surface area contributed by atoms with Gasteiger partial charge in [0, 0.05) is 0 Å². The van der Waals surface area contributed by atoms with Crippen molar-refractivity contribution in [2.45, 2.75) is 58.5 Å². The van der Waals surface area contributed by atoms with Crippen LogP contribution >= 0.6 is 7.82 Å². The second-order valence-corrected chi connectivity index (χ2v) is 7.33. The summed E-state index contributed by atoms with van der Waals surface area (Å²) in [5, 5.41) is 0. The molecule has 5 nitrogen and oxygen atoms in total. The molecule has 1 fully saturated rings. The molecule has 0 aromatic heterocycles. The smallest absolute Gasteiger partial charge is 0.452 e. The Balaban J connectivity index is 1.68. The van der Waals surface area contributed by atoms with Gasteiger partial charge in [0.25, 0.3) is 0 Å². The van der Waals surface area contributed by atoms with Crippen LogP contribution in [0.25, 0.3) is 0 Å². The van der Waals surface area contributed by atoms with Crippen molar-refractivity contribution in [3.63, 3.8) is 0 Å². The molecular weight excluding hydrogens is 315 g/mol. The van der Waals surface area contributed by atoms with Crippen molar-refractivity contribution in [2.24, 2.45) is 0 Å². The quantitative estimate of drug-likeness (QED) is 0.549. The van der Waals surface area contributed by atoms with Crippen LogP contribution in [0.1, 0.15) is 63.2 Å². The summed E-state index contributed by atoms with van der Waals surface area (Å²) in [6.45, 7) is 4.33. The Labute approximate surface area is 137 Å². The minimum Gasteiger partial charge on any atom is -0.452 e. The molecule has 23 heavy (non-hydrogen) atoms. The first-order valence-corrected chi connectivity index (χ1v) is 9.78. The van der Waals surface area contributed by atoms with Crippen LogP contribution in [0.15, 0.2) is 36.2 Å². The summed E-state index contributed by atoms with van der Waals surface area (Å²) in [6, 6.07) is 8.49. The van der Waals surface area contributed by atoms with E-state index in [1.165, 1.54) is 18.4 Å². The predicted octanol–water partition coefficient (Wildman–Crippen LogP) is 5.59. The normalized spacial score (nSPS) is 18.5. The van der Waals surface area contributed by atoms with Crippen molar-refractivity contribution >= 4 is 7.82 Å². The van der Waals surface area contributed by atoms with Gasteiger partial charge in [-0.3, -0.25) is 0 Å². The third kappa shape index (κ3) is 3.66. The van der Waals surface area contributed by atoms with E-state index in [9.17, 15) is 4.57 Å². The lowest BCUT2D eigenvalue weighted by atomic mass is 10.0. The van der Waals surface area contributed by atoms with Gasteiger partial charge in [0.05, 0.1) is 0 Å². The van der Waals surface area contributed by atoms with E-state index in [1.807, 2.05) is 0 Å². The van der Waals surface area contributed by atoms with E-state index >= 15 is 0 Å². The summed E-state index contributed by atoms with van der Waals surface area (Å²) >= 11 is 0. The van der Waals surface area contributed by atoms with Crippen molar-refractivity contribution < 1.29 is 22.9 Å². The maximum atomic E-state index is 11.6. The van der Waals surface area contributed by atoms with Crippen LogP contribution in [0, 0.1) is 0 Å². The van der Waals surface area contributed by atoms with Crippen molar-refractivity contribution in [3.05, 3.63) is 47.3 Å². The largest absolute Gasteiger partial charge is 0.654 e. The van der Waals surface area contributed by atoms with E-state index in [0.29, 0.717) is 0 Å². The number of hydrogen-bond donors (Lipinski definition) is 0. The molecule has 126 valence electrons. The minimum atomic E-state index is -3.35. The number of benzene rings is 1. The van der Waals surface area contributed by atoms with Gasteiger partial charge in [0.1, 0.15) is 6.10 Å². The first kappa shape index (κ1) is 16.3. The summed E-state index contributed by atoms with van der Waals surface area (Å²) < 4.78 is 32.4. The molecule has 3 heterocycles. The molecule has 3 aliphatic rings. The fourth-order valence-corrected chi connectivity index (χ4v) is 3.59. The molecule has 1 saturated heterocycles. The van der Waals surface area contributed by atoms with Gasteiger partial charge in [-0.15, -0.1) is 0 Å². The Morgan fingerprint density at radius 1 is 1.04 bits per heavy atom. The Morgan fingerprint density at radius 2 is 1.74 bits per heavy atom. The van der Waals surface area contributed by atoms with Gasteiger partial charge in [0.15, 0.2) is 0 Å². The fourth-order valence-electron chi connectivity index (χ4n) is 2.62. The maximum absolute atomic E-state index is 11.6. The zero-order chi connectivity index (χ0) is 16.3. The summed E-state index contributed by atoms with van der Waals surface area (Å²) in [5.41, 5.74) is 2.42. The van der Waals surface area contributed by atoms with Crippen molar-refractivity contribution in [3.8, 4) is 0 Å². The lowest BCUT2D eigenvalue weighted by Gasteiger charge is -2.18. The molecule has 1 aromatic carbocycles. The SMILES string of the molecule is CCCCc1ccc(C(CCCC)OC2=C3OP(=O)(O2)O3)cc1. The highest BCUT2D eigenvalue weighted by Crippen LogP contribution is 2.70. The van der Waals surface area contributed by atoms with E-state index in [2.05, 4.69) is 38.1 Å². The average molecular weight is 338 g/mol. The summed E-state index contributed by atoms with van der Waals surface area (Å²) in [4.78, 5) is 0. The van der Waals surface area contributed by atoms with E-state index in [1.54, 1.807) is 0 Å². The third-order valence-electron chi connectivity index (χ3n) is 3.99. The van der Waals surface area contributed by atoms with Crippen molar-refractivity contribution in [2.75, 3.05) is 0 Å². The Hall–Kier alpha value is -1.61. The predicted molar refractivity (Wildman–Crippen MR) is 86.3 cm³/mol. The highest BCUT2D eigenvalue weighted by molar-refractivity contribution is 7.50. The molecule has 0 amide bonds. The van der Waals surface area contributed by atoms with Gasteiger partial charge >= 0.3 is 19.7 Å². The van der Waals surface area contributed by atoms with Crippen LogP contribution in [-0.4, -0.2) is 0 Å². The number of fused-ring (bicyclic) bond motifs is 1. The molecule has 0 radical (unpaired) electrons. The summed E-state index contributed by atoms with van der Waals surface area (Å²) in [5.74, 6) is 0.221. The number of ether oxygens (including phenoxy) is 1. The minimum absolute atomic E-state index is 0.106. The topological polar surface area (TPSA) is 54.0 Å². The molecule has 0 spiro atoms. The second kappa shape index (κ2) is 6.88.